The Morgan fingerprint density at radius 3 is 1.76 bits per heavy atom. The molecule has 50 heavy (non-hydrogen) atoms. The molecule has 0 spiro atoms. The molecule has 0 saturated carbocycles. The average Bonchev–Trinajstić information content (AvgIpc) is 3.68. The van der Waals surface area contributed by atoms with Crippen molar-refractivity contribution in [2.75, 3.05) is 58.5 Å². The fourth-order valence-corrected chi connectivity index (χ4v) is 6.69. The van der Waals surface area contributed by atoms with Gasteiger partial charge in [0.2, 0.25) is 5.91 Å². The van der Waals surface area contributed by atoms with Crippen molar-refractivity contribution in [3.63, 3.8) is 0 Å². The van der Waals surface area contributed by atoms with Crippen molar-refractivity contribution in [2.45, 2.75) is 43.0 Å². The lowest BCUT2D eigenvalue weighted by Gasteiger charge is -2.16. The van der Waals surface area contributed by atoms with Crippen LogP contribution in [0.4, 0.5) is 4.79 Å². The quantitative estimate of drug-likeness (QED) is 0.0635. The van der Waals surface area contributed by atoms with Crippen LogP contribution in [0.15, 0.2) is 48.5 Å². The fraction of sp³-hybridized carbons (Fsp3) is 0.471. The minimum Gasteiger partial charge on any atom is -0.478 e. The van der Waals surface area contributed by atoms with Crippen molar-refractivity contribution in [2.24, 2.45) is 0 Å². The molecule has 0 bridgehead atoms. The van der Waals surface area contributed by atoms with E-state index in [1.807, 2.05) is 11.8 Å². The smallest absolute Gasteiger partial charge is 0.338 e. The summed E-state index contributed by atoms with van der Waals surface area (Å²) >= 11 is 1.87. The Balaban J connectivity index is 0.950. The summed E-state index contributed by atoms with van der Waals surface area (Å²) in [6, 6.07) is 11.2. The zero-order chi connectivity index (χ0) is 35.7. The maximum absolute atomic E-state index is 12.3. The van der Waals surface area contributed by atoms with Gasteiger partial charge in [0, 0.05) is 24.0 Å². The number of rotatable bonds is 21. The van der Waals surface area contributed by atoms with Gasteiger partial charge in [-0.15, -0.1) is 0 Å². The molecular formula is C34H41N3O12S. The molecule has 4 N–H and O–H groups in total. The van der Waals surface area contributed by atoms with Gasteiger partial charge in [-0.3, -0.25) is 4.79 Å². The number of esters is 3. The highest BCUT2D eigenvalue weighted by atomic mass is 32.2. The Morgan fingerprint density at radius 2 is 1.20 bits per heavy atom. The maximum atomic E-state index is 12.3. The van der Waals surface area contributed by atoms with Crippen LogP contribution in [0.2, 0.25) is 0 Å². The SMILES string of the molecule is O=C(CCCCC1SC[C@@H]2NC(=O)N[C@H]12)NCCOCCOCCOC(=O)c1ccc(C(=O)OCCOC(=O)c2ccc(C(=O)O)cc2)cc1. The molecule has 2 aromatic carbocycles. The zero-order valence-electron chi connectivity index (χ0n) is 27.4. The van der Waals surface area contributed by atoms with E-state index in [0.29, 0.717) is 38.0 Å². The third-order valence-corrected chi connectivity index (χ3v) is 9.26. The fourth-order valence-electron chi connectivity index (χ4n) is 5.15. The van der Waals surface area contributed by atoms with E-state index in [4.69, 9.17) is 28.8 Å². The molecule has 270 valence electrons. The van der Waals surface area contributed by atoms with Crippen LogP contribution >= 0.6 is 11.8 Å². The molecule has 0 aromatic heterocycles. The number of amides is 3. The third kappa shape index (κ3) is 12.3. The van der Waals surface area contributed by atoms with E-state index in [-0.39, 0.29) is 72.7 Å². The topological polar surface area (TPSA) is 205 Å². The van der Waals surface area contributed by atoms with Crippen molar-refractivity contribution in [3.8, 4) is 0 Å². The number of carbonyl (C=O) groups excluding carboxylic acids is 5. The highest BCUT2D eigenvalue weighted by molar-refractivity contribution is 8.00. The Hall–Kier alpha value is -4.67. The summed E-state index contributed by atoms with van der Waals surface area (Å²) in [5, 5.41) is 18.1. The number of benzene rings is 2. The molecule has 2 aliphatic heterocycles. The second kappa shape index (κ2) is 20.1. The number of thioether (sulfide) groups is 1. The highest BCUT2D eigenvalue weighted by Gasteiger charge is 2.42. The predicted octanol–water partition coefficient (Wildman–Crippen LogP) is 2.43. The molecule has 2 saturated heterocycles. The molecule has 2 heterocycles. The first kappa shape index (κ1) is 38.1. The number of aromatic carboxylic acids is 1. The van der Waals surface area contributed by atoms with Crippen molar-refractivity contribution in [3.05, 3.63) is 70.8 Å². The summed E-state index contributed by atoms with van der Waals surface area (Å²) in [4.78, 5) is 71.0. The molecule has 0 aliphatic carbocycles. The second-order valence-corrected chi connectivity index (χ2v) is 12.6. The van der Waals surface area contributed by atoms with E-state index in [0.717, 1.165) is 25.0 Å². The monoisotopic (exact) mass is 715 g/mol. The maximum Gasteiger partial charge on any atom is 0.338 e. The lowest BCUT2D eigenvalue weighted by atomic mass is 10.0. The first-order chi connectivity index (χ1) is 24.2. The zero-order valence-corrected chi connectivity index (χ0v) is 28.2. The molecule has 0 radical (unpaired) electrons. The highest BCUT2D eigenvalue weighted by Crippen LogP contribution is 2.33. The molecule has 15 nitrogen and oxygen atoms in total. The average molecular weight is 716 g/mol. The van der Waals surface area contributed by atoms with Gasteiger partial charge in [-0.25, -0.2) is 24.0 Å². The molecule has 2 fully saturated rings. The summed E-state index contributed by atoms with van der Waals surface area (Å²) < 4.78 is 26.2. The standard InChI is InChI=1S/C34H41N3O12S/c38-28(4-2-1-3-27-29-26(21-50-27)36-34(44)37-29)35-13-14-45-15-16-46-17-18-47-31(41)24-9-11-25(12-10-24)33(43)49-20-19-48-32(42)23-7-5-22(6-8-23)30(39)40/h5-12,26-27,29H,1-4,13-21H2,(H,35,38)(H,39,40)(H2,36,37,44)/t26-,27?,29-/m0/s1. The van der Waals surface area contributed by atoms with Gasteiger partial charge in [0.15, 0.2) is 0 Å². The number of urea groups is 1. The minimum atomic E-state index is -1.11. The Bertz CT molecular complexity index is 1470. The van der Waals surface area contributed by atoms with E-state index in [1.54, 1.807) is 0 Å². The van der Waals surface area contributed by atoms with Crippen molar-refractivity contribution in [1.29, 1.82) is 0 Å². The van der Waals surface area contributed by atoms with Gasteiger partial charge < -0.3 is 44.7 Å². The predicted molar refractivity (Wildman–Crippen MR) is 179 cm³/mol. The number of carboxylic acid groups (broad SMARTS) is 1. The number of carbonyl (C=O) groups is 6. The summed E-state index contributed by atoms with van der Waals surface area (Å²) in [5.41, 5.74) is 0.619. The molecule has 1 unspecified atom stereocenters. The molecule has 3 atom stereocenters. The normalized spacial score (nSPS) is 17.6. The van der Waals surface area contributed by atoms with Crippen LogP contribution in [0.1, 0.15) is 67.1 Å². The van der Waals surface area contributed by atoms with Crippen LogP contribution in [0.5, 0.6) is 0 Å². The third-order valence-electron chi connectivity index (χ3n) is 7.76. The number of hydrogen-bond acceptors (Lipinski definition) is 12. The second-order valence-electron chi connectivity index (χ2n) is 11.3. The Kier molecular flexibility index (Phi) is 15.3. The van der Waals surface area contributed by atoms with Crippen LogP contribution in [0, 0.1) is 0 Å². The lowest BCUT2D eigenvalue weighted by molar-refractivity contribution is -0.121. The first-order valence-corrected chi connectivity index (χ1v) is 17.3. The summed E-state index contributed by atoms with van der Waals surface area (Å²) in [5.74, 6) is -2.15. The van der Waals surface area contributed by atoms with Crippen LogP contribution in [-0.4, -0.2) is 117 Å². The van der Waals surface area contributed by atoms with Crippen LogP contribution in [0.3, 0.4) is 0 Å². The van der Waals surface area contributed by atoms with Gasteiger partial charge in [-0.2, -0.15) is 11.8 Å². The molecule has 3 amide bonds. The summed E-state index contributed by atoms with van der Waals surface area (Å²) in [7, 11) is 0. The number of fused-ring (bicyclic) bond motifs is 1. The first-order valence-electron chi connectivity index (χ1n) is 16.3. The van der Waals surface area contributed by atoms with Gasteiger partial charge in [-0.1, -0.05) is 6.42 Å². The van der Waals surface area contributed by atoms with E-state index < -0.39 is 23.9 Å². The number of nitrogens with one attached hydrogen (secondary N) is 3. The van der Waals surface area contributed by atoms with E-state index in [9.17, 15) is 28.8 Å². The Morgan fingerprint density at radius 1 is 0.700 bits per heavy atom. The number of ether oxygens (including phenoxy) is 5. The van der Waals surface area contributed by atoms with Crippen LogP contribution in [0.25, 0.3) is 0 Å². The minimum absolute atomic E-state index is 0.0183. The van der Waals surface area contributed by atoms with E-state index in [1.165, 1.54) is 48.5 Å². The van der Waals surface area contributed by atoms with Gasteiger partial charge in [0.25, 0.3) is 0 Å². The van der Waals surface area contributed by atoms with Crippen molar-refractivity contribution in [1.82, 2.24) is 16.0 Å². The van der Waals surface area contributed by atoms with Crippen LogP contribution < -0.4 is 16.0 Å². The number of unbranched alkanes of at least 4 members (excludes halogenated alkanes) is 1. The van der Waals surface area contributed by atoms with Crippen LogP contribution in [-0.2, 0) is 28.5 Å². The van der Waals surface area contributed by atoms with E-state index >= 15 is 0 Å². The molecule has 2 aromatic rings. The lowest BCUT2D eigenvalue weighted by Crippen LogP contribution is -2.36. The largest absolute Gasteiger partial charge is 0.478 e. The van der Waals surface area contributed by atoms with Gasteiger partial charge >= 0.3 is 29.9 Å². The summed E-state index contributed by atoms with van der Waals surface area (Å²) in [6.07, 6.45) is 3.14. The molecular weight excluding hydrogens is 674 g/mol. The molecule has 4 rings (SSSR count). The van der Waals surface area contributed by atoms with Crippen molar-refractivity contribution >= 4 is 47.6 Å². The summed E-state index contributed by atoms with van der Waals surface area (Å²) in [6.45, 7) is 1.14. The van der Waals surface area contributed by atoms with Gasteiger partial charge in [0.05, 0.1) is 60.8 Å². The van der Waals surface area contributed by atoms with Gasteiger partial charge in [-0.05, 0) is 61.4 Å². The Labute approximate surface area is 293 Å². The molecule has 2 aliphatic rings. The van der Waals surface area contributed by atoms with E-state index in [2.05, 4.69) is 16.0 Å². The number of hydrogen-bond donors (Lipinski definition) is 4. The van der Waals surface area contributed by atoms with Crippen molar-refractivity contribution < 1.29 is 57.6 Å². The number of carboxylic acids is 1. The van der Waals surface area contributed by atoms with Gasteiger partial charge in [0.1, 0.15) is 19.8 Å². The molecule has 16 heteroatoms.